The molecule has 46 heavy (non-hydrogen) atoms. The van der Waals surface area contributed by atoms with Gasteiger partial charge in [0.15, 0.2) is 0 Å². The van der Waals surface area contributed by atoms with Crippen molar-refractivity contribution < 1.29 is 19.2 Å². The molecule has 4 aromatic rings. The Hall–Kier alpha value is -5.07. The van der Waals surface area contributed by atoms with Crippen molar-refractivity contribution in [1.29, 1.82) is 0 Å². The van der Waals surface area contributed by atoms with E-state index in [1.807, 2.05) is 66.7 Å². The second kappa shape index (κ2) is 12.4. The maximum Gasteiger partial charge on any atom is 0.334 e. The molecule has 0 saturated carbocycles. The van der Waals surface area contributed by atoms with E-state index in [0.717, 1.165) is 38.2 Å². The van der Waals surface area contributed by atoms with E-state index in [1.165, 1.54) is 11.3 Å². The van der Waals surface area contributed by atoms with E-state index in [1.54, 1.807) is 31.4 Å². The zero-order valence-electron chi connectivity index (χ0n) is 25.1. The zero-order valence-corrected chi connectivity index (χ0v) is 25.9. The smallest absolute Gasteiger partial charge is 0.333 e. The number of hydrogen-bond acceptors (Lipinski definition) is 7. The number of anilines is 1. The highest BCUT2D eigenvalue weighted by Crippen LogP contribution is 2.32. The van der Waals surface area contributed by atoms with Gasteiger partial charge in [-0.3, -0.25) is 14.4 Å². The summed E-state index contributed by atoms with van der Waals surface area (Å²) in [6.45, 7) is 4.76. The SMILES string of the molecule is C=CCN1CC(=O)N2[C@@H](Cc3ccc4c(c3)CC(=O)N4)C(=O)N(Cc3cccc4scnc34)C[C@@H]2N1C(=O)NCc1ccccc1. The number of hydrogen-bond donors (Lipinski definition) is 2. The summed E-state index contributed by atoms with van der Waals surface area (Å²) in [5.74, 6) is -0.515. The van der Waals surface area contributed by atoms with Crippen LogP contribution >= 0.6 is 11.3 Å². The van der Waals surface area contributed by atoms with Crippen LogP contribution in [0.2, 0.25) is 0 Å². The summed E-state index contributed by atoms with van der Waals surface area (Å²) in [6.07, 6.45) is 1.41. The normalized spacial score (nSPS) is 19.7. The number of thiazole rings is 1. The summed E-state index contributed by atoms with van der Waals surface area (Å²) in [6, 6.07) is 19.9. The van der Waals surface area contributed by atoms with Gasteiger partial charge < -0.3 is 20.4 Å². The van der Waals surface area contributed by atoms with Crippen molar-refractivity contribution in [2.75, 3.05) is 25.0 Å². The van der Waals surface area contributed by atoms with Crippen LogP contribution in [0.5, 0.6) is 0 Å². The second-order valence-electron chi connectivity index (χ2n) is 11.7. The number of aromatic nitrogens is 1. The highest BCUT2D eigenvalue weighted by Gasteiger charge is 2.51. The molecule has 5 amide bonds. The van der Waals surface area contributed by atoms with Gasteiger partial charge in [0.25, 0.3) is 0 Å². The average molecular weight is 636 g/mol. The maximum atomic E-state index is 14.4. The minimum absolute atomic E-state index is 0.0750. The quantitative estimate of drug-likeness (QED) is 0.286. The van der Waals surface area contributed by atoms with Crippen molar-refractivity contribution in [3.8, 4) is 0 Å². The third-order valence-corrected chi connectivity index (χ3v) is 9.49. The first-order valence-corrected chi connectivity index (χ1v) is 16.1. The minimum atomic E-state index is -0.862. The van der Waals surface area contributed by atoms with Crippen molar-refractivity contribution in [2.45, 2.75) is 38.1 Å². The van der Waals surface area contributed by atoms with Gasteiger partial charge in [0, 0.05) is 31.7 Å². The Morgan fingerprint density at radius 1 is 1.07 bits per heavy atom. The number of amides is 5. The van der Waals surface area contributed by atoms with Gasteiger partial charge in [-0.2, -0.15) is 0 Å². The number of benzene rings is 3. The lowest BCUT2D eigenvalue weighted by Crippen LogP contribution is -2.76. The van der Waals surface area contributed by atoms with Gasteiger partial charge in [-0.15, -0.1) is 17.9 Å². The molecule has 4 heterocycles. The molecule has 2 N–H and O–H groups in total. The zero-order chi connectivity index (χ0) is 31.8. The number of para-hydroxylation sites is 1. The Balaban J connectivity index is 1.25. The molecule has 0 bridgehead atoms. The van der Waals surface area contributed by atoms with Gasteiger partial charge in [-0.1, -0.05) is 60.7 Å². The Kier molecular flexibility index (Phi) is 7.97. The highest BCUT2D eigenvalue weighted by molar-refractivity contribution is 7.16. The average Bonchev–Trinajstić information content (AvgIpc) is 3.68. The Morgan fingerprint density at radius 3 is 2.74 bits per heavy atom. The van der Waals surface area contributed by atoms with Gasteiger partial charge in [-0.25, -0.2) is 19.8 Å². The van der Waals surface area contributed by atoms with E-state index in [4.69, 9.17) is 0 Å². The first-order chi connectivity index (χ1) is 22.4. The van der Waals surface area contributed by atoms with E-state index >= 15 is 0 Å². The van der Waals surface area contributed by atoms with Crippen molar-refractivity contribution in [2.24, 2.45) is 0 Å². The summed E-state index contributed by atoms with van der Waals surface area (Å²) in [4.78, 5) is 62.2. The molecular weight excluding hydrogens is 602 g/mol. The Morgan fingerprint density at radius 2 is 1.91 bits per heavy atom. The number of piperazine rings is 1. The molecule has 3 aromatic carbocycles. The van der Waals surface area contributed by atoms with E-state index in [2.05, 4.69) is 22.2 Å². The number of carbonyl (C=O) groups is 4. The second-order valence-corrected chi connectivity index (χ2v) is 12.6. The molecule has 12 heteroatoms. The number of hydrazine groups is 1. The van der Waals surface area contributed by atoms with Gasteiger partial charge >= 0.3 is 6.03 Å². The van der Waals surface area contributed by atoms with Crippen LogP contribution in [-0.2, 0) is 40.3 Å². The van der Waals surface area contributed by atoms with E-state index < -0.39 is 12.2 Å². The van der Waals surface area contributed by atoms with Gasteiger partial charge in [0.2, 0.25) is 17.7 Å². The number of nitrogens with one attached hydrogen (secondary N) is 2. The van der Waals surface area contributed by atoms with Crippen LogP contribution in [0, 0.1) is 0 Å². The van der Waals surface area contributed by atoms with Gasteiger partial charge in [0.1, 0.15) is 12.2 Å². The summed E-state index contributed by atoms with van der Waals surface area (Å²) in [7, 11) is 0. The fraction of sp³-hybridized carbons (Fsp3) is 0.265. The molecule has 234 valence electrons. The number of fused-ring (bicyclic) bond motifs is 3. The lowest BCUT2D eigenvalue weighted by atomic mass is 9.96. The fourth-order valence-corrected chi connectivity index (χ4v) is 7.33. The monoisotopic (exact) mass is 635 g/mol. The molecule has 3 aliphatic rings. The van der Waals surface area contributed by atoms with E-state index in [-0.39, 0.29) is 62.8 Å². The lowest BCUT2D eigenvalue weighted by Gasteiger charge is -2.55. The van der Waals surface area contributed by atoms with E-state index in [9.17, 15) is 19.2 Å². The molecule has 1 aromatic heterocycles. The largest absolute Gasteiger partial charge is 0.334 e. The molecule has 0 aliphatic carbocycles. The number of rotatable bonds is 8. The van der Waals surface area contributed by atoms with Gasteiger partial charge in [0.05, 0.1) is 35.2 Å². The first kappa shape index (κ1) is 29.6. The summed E-state index contributed by atoms with van der Waals surface area (Å²) in [5, 5.41) is 9.13. The van der Waals surface area contributed by atoms with Gasteiger partial charge in [-0.05, 0) is 34.4 Å². The summed E-state index contributed by atoms with van der Waals surface area (Å²) >= 11 is 1.53. The fourth-order valence-electron chi connectivity index (χ4n) is 6.61. The number of urea groups is 1. The van der Waals surface area contributed by atoms with Crippen LogP contribution in [0.15, 0.2) is 84.9 Å². The minimum Gasteiger partial charge on any atom is -0.333 e. The molecule has 0 spiro atoms. The molecule has 3 aliphatic heterocycles. The third kappa shape index (κ3) is 5.61. The van der Waals surface area contributed by atoms with Crippen LogP contribution < -0.4 is 10.6 Å². The third-order valence-electron chi connectivity index (χ3n) is 8.69. The number of carbonyl (C=O) groups excluding carboxylic acids is 4. The Labute approximate surface area is 270 Å². The molecule has 2 saturated heterocycles. The molecule has 7 rings (SSSR count). The van der Waals surface area contributed by atoms with E-state index in [0.29, 0.717) is 6.54 Å². The number of nitrogens with zero attached hydrogens (tertiary/aromatic N) is 5. The molecule has 2 atom stereocenters. The van der Waals surface area contributed by atoms with Crippen molar-refractivity contribution in [3.05, 3.63) is 107 Å². The summed E-state index contributed by atoms with van der Waals surface area (Å²) in [5.41, 5.74) is 6.91. The molecule has 0 radical (unpaired) electrons. The predicted molar refractivity (Wildman–Crippen MR) is 174 cm³/mol. The lowest BCUT2D eigenvalue weighted by molar-refractivity contribution is -0.189. The van der Waals surface area contributed by atoms with Crippen LogP contribution in [0.3, 0.4) is 0 Å². The summed E-state index contributed by atoms with van der Waals surface area (Å²) < 4.78 is 1.02. The topological polar surface area (TPSA) is 118 Å². The van der Waals surface area contributed by atoms with Crippen LogP contribution in [0.1, 0.15) is 22.3 Å². The Bertz CT molecular complexity index is 1840. The van der Waals surface area contributed by atoms with Crippen molar-refractivity contribution in [1.82, 2.24) is 30.1 Å². The predicted octanol–water partition coefficient (Wildman–Crippen LogP) is 3.53. The molecule has 0 unspecified atom stereocenters. The van der Waals surface area contributed by atoms with Crippen molar-refractivity contribution in [3.63, 3.8) is 0 Å². The maximum absolute atomic E-state index is 14.4. The van der Waals surface area contributed by atoms with Crippen LogP contribution in [0.25, 0.3) is 10.2 Å². The molecular formula is C34H33N7O4S. The van der Waals surface area contributed by atoms with Crippen LogP contribution in [-0.4, -0.2) is 80.4 Å². The van der Waals surface area contributed by atoms with Crippen LogP contribution in [0.4, 0.5) is 10.5 Å². The first-order valence-electron chi connectivity index (χ1n) is 15.2. The van der Waals surface area contributed by atoms with Crippen molar-refractivity contribution >= 4 is 51.0 Å². The molecule has 2 fully saturated rings. The highest BCUT2D eigenvalue weighted by atomic mass is 32.1. The molecule has 11 nitrogen and oxygen atoms in total. The standard InChI is InChI=1S/C34H33N7O4S/c1-2-13-39-20-31(43)40-27(15-23-11-12-26-25(14-23)16-29(42)37-26)33(44)38(18-24-9-6-10-28-32(24)36-21-46-28)19-30(40)41(39)34(45)35-17-22-7-4-3-5-8-22/h2-12,14,21,27,30H,1,13,15-20H2,(H,35,45)(H,37,42)/t27-,30-/m0/s1.